The van der Waals surface area contributed by atoms with Crippen molar-refractivity contribution in [2.75, 3.05) is 11.9 Å². The third-order valence-electron chi connectivity index (χ3n) is 5.13. The molecule has 0 aliphatic carbocycles. The Kier molecular flexibility index (Phi) is 5.61. The highest BCUT2D eigenvalue weighted by atomic mass is 19.1. The van der Waals surface area contributed by atoms with Gasteiger partial charge in [-0.25, -0.2) is 18.7 Å². The molecule has 0 amide bonds. The highest BCUT2D eigenvalue weighted by Crippen LogP contribution is 2.28. The Balaban J connectivity index is 1.53. The van der Waals surface area contributed by atoms with Gasteiger partial charge in [0.15, 0.2) is 23.2 Å². The Morgan fingerprint density at radius 1 is 1.09 bits per heavy atom. The summed E-state index contributed by atoms with van der Waals surface area (Å²) in [7, 11) is 0. The van der Waals surface area contributed by atoms with E-state index in [1.165, 1.54) is 17.0 Å². The SMILES string of the molecule is CCOc1c(Nc2nc(-c3cc(-c4ccon4)n(Cc4ccccc4F)n3)ncc2F)c(=O)c1=O. The predicted octanol–water partition coefficient (Wildman–Crippen LogP) is 3.06. The zero-order chi connectivity index (χ0) is 24.5. The lowest BCUT2D eigenvalue weighted by atomic mass is 10.2. The summed E-state index contributed by atoms with van der Waals surface area (Å²) >= 11 is 0. The second-order valence-electron chi connectivity index (χ2n) is 7.36. The average molecular weight is 478 g/mol. The molecule has 0 radical (unpaired) electrons. The maximum atomic E-state index is 14.4. The number of benzene rings is 1. The summed E-state index contributed by atoms with van der Waals surface area (Å²) in [5.41, 5.74) is -0.279. The second-order valence-corrected chi connectivity index (χ2v) is 7.36. The highest BCUT2D eigenvalue weighted by Gasteiger charge is 2.25. The van der Waals surface area contributed by atoms with Gasteiger partial charge in [-0.2, -0.15) is 5.10 Å². The summed E-state index contributed by atoms with van der Waals surface area (Å²) in [5.74, 6) is -1.76. The van der Waals surface area contributed by atoms with Crippen LogP contribution in [0.25, 0.3) is 22.9 Å². The van der Waals surface area contributed by atoms with Crippen LogP contribution < -0.4 is 20.9 Å². The van der Waals surface area contributed by atoms with Gasteiger partial charge in [0, 0.05) is 11.6 Å². The van der Waals surface area contributed by atoms with Gasteiger partial charge in [0.05, 0.1) is 25.0 Å². The van der Waals surface area contributed by atoms with Gasteiger partial charge in [0.1, 0.15) is 29.2 Å². The third kappa shape index (κ3) is 4.05. The molecule has 0 saturated carbocycles. The number of hydrogen-bond donors (Lipinski definition) is 1. The molecule has 3 heterocycles. The fraction of sp³-hybridized carbons (Fsp3) is 0.130. The van der Waals surface area contributed by atoms with Crippen LogP contribution in [0.2, 0.25) is 0 Å². The summed E-state index contributed by atoms with van der Waals surface area (Å²) in [6.45, 7) is 1.87. The van der Waals surface area contributed by atoms with E-state index in [0.717, 1.165) is 6.20 Å². The van der Waals surface area contributed by atoms with Crippen molar-refractivity contribution in [1.29, 1.82) is 0 Å². The van der Waals surface area contributed by atoms with Crippen molar-refractivity contribution >= 4 is 11.5 Å². The van der Waals surface area contributed by atoms with E-state index in [2.05, 4.69) is 25.5 Å². The Bertz CT molecular complexity index is 1590. The van der Waals surface area contributed by atoms with Crippen LogP contribution in [0.3, 0.4) is 0 Å². The van der Waals surface area contributed by atoms with Crippen LogP contribution in [-0.4, -0.2) is 31.5 Å². The van der Waals surface area contributed by atoms with Crippen molar-refractivity contribution in [3.8, 4) is 28.7 Å². The standard InChI is InChI=1S/C23H16F2N6O4/c1-2-34-21-18(19(32)20(21)33)27-22-14(25)10-26-23(28-22)16-9-17(15-7-8-35-30-15)31(29-16)11-12-5-3-4-6-13(12)24/h3-10H,2,11H2,1H3,(H,26,27,28). The molecule has 0 unspecified atom stereocenters. The molecule has 1 N–H and O–H groups in total. The van der Waals surface area contributed by atoms with E-state index < -0.39 is 22.5 Å². The molecule has 10 nitrogen and oxygen atoms in total. The monoisotopic (exact) mass is 478 g/mol. The number of aromatic nitrogens is 5. The minimum atomic E-state index is -0.855. The van der Waals surface area contributed by atoms with Gasteiger partial charge < -0.3 is 14.6 Å². The summed E-state index contributed by atoms with van der Waals surface area (Å²) in [6.07, 6.45) is 2.29. The van der Waals surface area contributed by atoms with Crippen molar-refractivity contribution in [2.45, 2.75) is 13.5 Å². The molecular weight excluding hydrogens is 462 g/mol. The first-order chi connectivity index (χ1) is 17.0. The fourth-order valence-corrected chi connectivity index (χ4v) is 3.45. The number of anilines is 2. The summed E-state index contributed by atoms with van der Waals surface area (Å²) < 4.78 is 40.3. The largest absolute Gasteiger partial charge is 0.488 e. The molecule has 2 aromatic carbocycles. The van der Waals surface area contributed by atoms with Crippen LogP contribution in [0.5, 0.6) is 5.75 Å². The highest BCUT2D eigenvalue weighted by molar-refractivity contribution is 5.70. The van der Waals surface area contributed by atoms with Crippen LogP contribution >= 0.6 is 0 Å². The smallest absolute Gasteiger partial charge is 0.272 e. The molecular formula is C23H16F2N6O4. The van der Waals surface area contributed by atoms with Crippen molar-refractivity contribution in [3.05, 3.63) is 86.5 Å². The first kappa shape index (κ1) is 22.1. The maximum absolute atomic E-state index is 14.4. The van der Waals surface area contributed by atoms with E-state index in [1.54, 1.807) is 37.3 Å². The average Bonchev–Trinajstić information content (AvgIpc) is 3.54. The molecule has 176 valence electrons. The quantitative estimate of drug-likeness (QED) is 0.335. The van der Waals surface area contributed by atoms with E-state index >= 15 is 0 Å². The summed E-state index contributed by atoms with van der Waals surface area (Å²) in [4.78, 5) is 31.7. The first-order valence-corrected chi connectivity index (χ1v) is 10.4. The van der Waals surface area contributed by atoms with Crippen molar-refractivity contribution in [2.24, 2.45) is 0 Å². The molecule has 0 bridgehead atoms. The maximum Gasteiger partial charge on any atom is 0.272 e. The van der Waals surface area contributed by atoms with E-state index in [1.807, 2.05) is 0 Å². The number of rotatable bonds is 8. The minimum absolute atomic E-state index is 0.0163. The Hall–Kier alpha value is -4.74. The van der Waals surface area contributed by atoms with Gasteiger partial charge in [-0.15, -0.1) is 0 Å². The van der Waals surface area contributed by atoms with Gasteiger partial charge in [-0.1, -0.05) is 23.4 Å². The topological polar surface area (TPSA) is 125 Å². The lowest BCUT2D eigenvalue weighted by Gasteiger charge is -2.13. The van der Waals surface area contributed by atoms with Crippen LogP contribution in [0.15, 0.2) is 63.0 Å². The van der Waals surface area contributed by atoms with Crippen LogP contribution in [0.4, 0.5) is 20.3 Å². The molecule has 0 saturated heterocycles. The van der Waals surface area contributed by atoms with E-state index in [0.29, 0.717) is 17.0 Å². The molecule has 0 spiro atoms. The number of ether oxygens (including phenoxy) is 1. The van der Waals surface area contributed by atoms with Gasteiger partial charge in [0.2, 0.25) is 0 Å². The minimum Gasteiger partial charge on any atom is -0.488 e. The Morgan fingerprint density at radius 2 is 1.91 bits per heavy atom. The molecule has 0 aliphatic rings. The van der Waals surface area contributed by atoms with Gasteiger partial charge >= 0.3 is 0 Å². The molecule has 12 heteroatoms. The predicted molar refractivity (Wildman–Crippen MR) is 120 cm³/mol. The molecule has 0 fully saturated rings. The Morgan fingerprint density at radius 3 is 2.66 bits per heavy atom. The molecule has 3 aromatic heterocycles. The molecule has 0 aliphatic heterocycles. The summed E-state index contributed by atoms with van der Waals surface area (Å²) in [5, 5.41) is 10.9. The number of nitrogens with one attached hydrogen (secondary N) is 1. The zero-order valence-corrected chi connectivity index (χ0v) is 18.2. The normalized spacial score (nSPS) is 11.2. The van der Waals surface area contributed by atoms with Crippen LogP contribution in [-0.2, 0) is 6.54 Å². The van der Waals surface area contributed by atoms with Gasteiger partial charge in [-0.3, -0.25) is 14.3 Å². The number of nitrogens with zero attached hydrogens (tertiary/aromatic N) is 5. The lowest BCUT2D eigenvalue weighted by molar-refractivity contribution is 0.335. The van der Waals surface area contributed by atoms with Crippen LogP contribution in [0.1, 0.15) is 12.5 Å². The van der Waals surface area contributed by atoms with Crippen molar-refractivity contribution in [3.63, 3.8) is 0 Å². The lowest BCUT2D eigenvalue weighted by Crippen LogP contribution is -2.35. The second kappa shape index (κ2) is 8.89. The van der Waals surface area contributed by atoms with E-state index in [4.69, 9.17) is 9.26 Å². The number of hydrogen-bond acceptors (Lipinski definition) is 9. The fourth-order valence-electron chi connectivity index (χ4n) is 3.45. The first-order valence-electron chi connectivity index (χ1n) is 10.4. The third-order valence-corrected chi connectivity index (χ3v) is 5.13. The van der Waals surface area contributed by atoms with E-state index in [-0.39, 0.29) is 41.9 Å². The molecule has 35 heavy (non-hydrogen) atoms. The molecule has 0 atom stereocenters. The molecule has 5 rings (SSSR count). The summed E-state index contributed by atoms with van der Waals surface area (Å²) in [6, 6.07) is 9.46. The van der Waals surface area contributed by atoms with E-state index in [9.17, 15) is 18.4 Å². The zero-order valence-electron chi connectivity index (χ0n) is 18.2. The van der Waals surface area contributed by atoms with Gasteiger partial charge in [0.25, 0.3) is 10.9 Å². The Labute approximate surface area is 195 Å². The van der Waals surface area contributed by atoms with Crippen molar-refractivity contribution < 1.29 is 18.0 Å². The van der Waals surface area contributed by atoms with Crippen molar-refractivity contribution in [1.82, 2.24) is 24.9 Å². The number of halogens is 2. The van der Waals surface area contributed by atoms with Crippen LogP contribution in [0, 0.1) is 11.6 Å². The molecule has 5 aromatic rings. The van der Waals surface area contributed by atoms with Gasteiger partial charge in [-0.05, 0) is 19.1 Å².